The average molecular weight is 432 g/mol. The van der Waals surface area contributed by atoms with Crippen molar-refractivity contribution < 1.29 is 9.53 Å². The molecule has 1 amide bonds. The Morgan fingerprint density at radius 1 is 1.33 bits per heavy atom. The summed E-state index contributed by atoms with van der Waals surface area (Å²) in [4.78, 5) is 34.5. The lowest BCUT2D eigenvalue weighted by atomic mass is 10.3. The number of alkyl carbamates (subject to hydrolysis) is 1. The second-order valence-corrected chi connectivity index (χ2v) is 7.72. The number of halogens is 3. The molecule has 142 valence electrons. The van der Waals surface area contributed by atoms with E-state index in [1.54, 1.807) is 12.3 Å². The highest BCUT2D eigenvalue weighted by Gasteiger charge is 2.38. The van der Waals surface area contributed by atoms with E-state index in [2.05, 4.69) is 25.4 Å². The molecule has 3 aromatic rings. The molecule has 0 saturated carbocycles. The molecule has 1 atom stereocenters. The van der Waals surface area contributed by atoms with Crippen LogP contribution in [0.3, 0.4) is 0 Å². The fraction of sp³-hybridized carbons (Fsp3) is 0.267. The van der Waals surface area contributed by atoms with Gasteiger partial charge in [0.25, 0.3) is 5.56 Å². The fourth-order valence-corrected chi connectivity index (χ4v) is 2.73. The summed E-state index contributed by atoms with van der Waals surface area (Å²) in [5.41, 5.74) is 0.501. The molecule has 3 rings (SSSR count). The largest absolute Gasteiger partial charge is 0.449 e. The zero-order valence-electron chi connectivity index (χ0n) is 13.6. The molecule has 12 heteroatoms. The van der Waals surface area contributed by atoms with E-state index in [0.29, 0.717) is 6.42 Å². The number of ether oxygens (including phenoxy) is 1. The lowest BCUT2D eigenvalue weighted by Crippen LogP contribution is -2.41. The molecule has 1 unspecified atom stereocenters. The summed E-state index contributed by atoms with van der Waals surface area (Å²) < 4.78 is 4.26. The molecule has 0 spiro atoms. The fourth-order valence-electron chi connectivity index (χ4n) is 2.29. The third kappa shape index (κ3) is 4.68. The number of hydrogen-bond acceptors (Lipinski definition) is 6. The van der Waals surface area contributed by atoms with E-state index >= 15 is 0 Å². The van der Waals surface area contributed by atoms with E-state index in [4.69, 9.17) is 39.5 Å². The molecule has 9 nitrogen and oxygen atoms in total. The first kappa shape index (κ1) is 19.4. The topological polar surface area (TPSA) is 115 Å². The van der Waals surface area contributed by atoms with Gasteiger partial charge >= 0.3 is 6.09 Å². The van der Waals surface area contributed by atoms with Crippen molar-refractivity contribution in [3.63, 3.8) is 0 Å². The number of H-pyrrole nitrogens is 1. The molecule has 0 saturated heterocycles. The van der Waals surface area contributed by atoms with Crippen LogP contribution >= 0.6 is 34.8 Å². The molecular weight excluding hydrogens is 419 g/mol. The van der Waals surface area contributed by atoms with Gasteiger partial charge in [-0.25, -0.2) is 14.5 Å². The van der Waals surface area contributed by atoms with Gasteiger partial charge < -0.3 is 9.72 Å². The second-order valence-electron chi connectivity index (χ2n) is 5.35. The third-order valence-electron chi connectivity index (χ3n) is 3.52. The Morgan fingerprint density at radius 2 is 2.15 bits per heavy atom. The number of aromatic amines is 1. The van der Waals surface area contributed by atoms with Gasteiger partial charge in [0, 0.05) is 18.3 Å². The van der Waals surface area contributed by atoms with Crippen LogP contribution in [0.25, 0.3) is 11.0 Å². The molecule has 3 heterocycles. The number of fused-ring (bicyclic) bond motifs is 1. The summed E-state index contributed by atoms with van der Waals surface area (Å²) in [5, 5.41) is 6.61. The van der Waals surface area contributed by atoms with Gasteiger partial charge in [0.05, 0.1) is 19.1 Å². The van der Waals surface area contributed by atoms with Crippen molar-refractivity contribution in [3.8, 4) is 0 Å². The summed E-state index contributed by atoms with van der Waals surface area (Å²) >= 11 is 17.9. The molecular formula is C15H13Cl3N6O3. The van der Waals surface area contributed by atoms with Crippen molar-refractivity contribution in [2.45, 2.75) is 16.4 Å². The van der Waals surface area contributed by atoms with Crippen LogP contribution in [0, 0.1) is 0 Å². The number of amides is 1. The predicted molar refractivity (Wildman–Crippen MR) is 99.9 cm³/mol. The number of alkyl halides is 3. The van der Waals surface area contributed by atoms with Crippen LogP contribution < -0.4 is 10.9 Å². The molecule has 0 aliphatic carbocycles. The Kier molecular flexibility index (Phi) is 5.83. The van der Waals surface area contributed by atoms with Crippen LogP contribution in [-0.4, -0.2) is 41.2 Å². The van der Waals surface area contributed by atoms with Crippen LogP contribution in [-0.2, 0) is 11.2 Å². The van der Waals surface area contributed by atoms with Gasteiger partial charge in [-0.2, -0.15) is 5.10 Å². The van der Waals surface area contributed by atoms with Gasteiger partial charge in [0.1, 0.15) is 5.39 Å². The number of pyridine rings is 1. The van der Waals surface area contributed by atoms with E-state index in [1.807, 2.05) is 12.1 Å². The highest BCUT2D eigenvalue weighted by atomic mass is 35.6. The monoisotopic (exact) mass is 430 g/mol. The third-order valence-corrected chi connectivity index (χ3v) is 4.14. The maximum absolute atomic E-state index is 12.1. The maximum Gasteiger partial charge on any atom is 0.408 e. The SMILES string of the molecule is O=C(NC(n1ncc2c(=O)[nH]cnc21)C(Cl)(Cl)Cl)OCCc1ccccn1. The summed E-state index contributed by atoms with van der Waals surface area (Å²) in [6, 6.07) is 5.43. The van der Waals surface area contributed by atoms with E-state index < -0.39 is 21.6 Å². The van der Waals surface area contributed by atoms with E-state index in [9.17, 15) is 9.59 Å². The molecule has 27 heavy (non-hydrogen) atoms. The highest BCUT2D eigenvalue weighted by Crippen LogP contribution is 2.37. The normalized spacial score (nSPS) is 12.7. The number of nitrogens with zero attached hydrogens (tertiary/aromatic N) is 4. The molecule has 0 aliphatic heterocycles. The molecule has 0 aliphatic rings. The quantitative estimate of drug-likeness (QED) is 0.599. The summed E-state index contributed by atoms with van der Waals surface area (Å²) in [6.07, 6.45) is 2.44. The summed E-state index contributed by atoms with van der Waals surface area (Å²) in [6.45, 7) is 0.0766. The Bertz CT molecular complexity index is 986. The van der Waals surface area contributed by atoms with Crippen LogP contribution in [0.2, 0.25) is 0 Å². The lowest BCUT2D eigenvalue weighted by Gasteiger charge is -2.25. The maximum atomic E-state index is 12.1. The van der Waals surface area contributed by atoms with Crippen LogP contribution in [0.1, 0.15) is 11.9 Å². The predicted octanol–water partition coefficient (Wildman–Crippen LogP) is 2.35. The Hall–Kier alpha value is -2.36. The van der Waals surface area contributed by atoms with Crippen LogP contribution in [0.5, 0.6) is 0 Å². The lowest BCUT2D eigenvalue weighted by molar-refractivity contribution is 0.138. The average Bonchev–Trinajstić information content (AvgIpc) is 3.05. The first-order chi connectivity index (χ1) is 12.9. The Labute approximate surface area is 167 Å². The number of carbonyl (C=O) groups excluding carboxylic acids is 1. The number of nitrogens with one attached hydrogen (secondary N) is 2. The van der Waals surface area contributed by atoms with Crippen molar-refractivity contribution >= 4 is 51.9 Å². The summed E-state index contributed by atoms with van der Waals surface area (Å²) in [7, 11) is 0. The van der Waals surface area contributed by atoms with Gasteiger partial charge in [-0.3, -0.25) is 15.1 Å². The summed E-state index contributed by atoms with van der Waals surface area (Å²) in [5.74, 6) is 0. The minimum atomic E-state index is -1.98. The van der Waals surface area contributed by atoms with Crippen molar-refractivity contribution in [3.05, 3.63) is 53.0 Å². The minimum absolute atomic E-state index is 0.0766. The standard InChI is InChI=1S/C15H13Cl3N6O3/c16-15(17,18)13(24-11-10(7-22-24)12(25)21-8-20-11)23-14(26)27-6-4-9-3-1-2-5-19-9/h1-3,5,7-8,13H,4,6H2,(H,23,26)(H,20,21,25). The minimum Gasteiger partial charge on any atom is -0.449 e. The number of hydrogen-bond donors (Lipinski definition) is 2. The van der Waals surface area contributed by atoms with E-state index in [-0.39, 0.29) is 17.6 Å². The molecule has 0 radical (unpaired) electrons. The van der Waals surface area contributed by atoms with Gasteiger partial charge in [0.15, 0.2) is 11.8 Å². The highest BCUT2D eigenvalue weighted by molar-refractivity contribution is 6.67. The molecule has 0 aromatic carbocycles. The molecule has 2 N–H and O–H groups in total. The van der Waals surface area contributed by atoms with Gasteiger partial charge in [0.2, 0.25) is 3.79 Å². The Balaban J connectivity index is 1.72. The van der Waals surface area contributed by atoms with Crippen molar-refractivity contribution in [2.24, 2.45) is 0 Å². The van der Waals surface area contributed by atoms with Crippen molar-refractivity contribution in [1.29, 1.82) is 0 Å². The molecule has 0 bridgehead atoms. The zero-order valence-corrected chi connectivity index (χ0v) is 15.9. The van der Waals surface area contributed by atoms with Crippen molar-refractivity contribution in [1.82, 2.24) is 30.0 Å². The zero-order chi connectivity index (χ0) is 19.4. The smallest absolute Gasteiger partial charge is 0.408 e. The first-order valence-corrected chi connectivity index (χ1v) is 8.80. The van der Waals surface area contributed by atoms with Crippen molar-refractivity contribution in [2.75, 3.05) is 6.61 Å². The number of aromatic nitrogens is 5. The number of carbonyl (C=O) groups is 1. The molecule has 3 aromatic heterocycles. The van der Waals surface area contributed by atoms with E-state index in [1.165, 1.54) is 12.5 Å². The van der Waals surface area contributed by atoms with Crippen LogP contribution in [0.15, 0.2) is 41.7 Å². The molecule has 0 fully saturated rings. The van der Waals surface area contributed by atoms with Gasteiger partial charge in [-0.05, 0) is 12.1 Å². The number of rotatable bonds is 5. The van der Waals surface area contributed by atoms with Gasteiger partial charge in [-0.1, -0.05) is 40.9 Å². The van der Waals surface area contributed by atoms with Gasteiger partial charge in [-0.15, -0.1) is 0 Å². The second kappa shape index (κ2) is 8.12. The Morgan fingerprint density at radius 3 is 2.85 bits per heavy atom. The van der Waals surface area contributed by atoms with Crippen LogP contribution in [0.4, 0.5) is 4.79 Å². The van der Waals surface area contributed by atoms with E-state index in [0.717, 1.165) is 10.4 Å². The first-order valence-electron chi connectivity index (χ1n) is 7.67.